The zero-order valence-electron chi connectivity index (χ0n) is 10.7. The molecule has 0 bridgehead atoms. The largest absolute Gasteiger partial charge is 0.416 e. The summed E-state index contributed by atoms with van der Waals surface area (Å²) in [5, 5.41) is 1.88. The fourth-order valence-corrected chi connectivity index (χ4v) is 2.22. The third-order valence-electron chi connectivity index (χ3n) is 3.23. The molecule has 3 rings (SSSR count). The molecule has 0 atom stereocenters. The smallest absolute Gasteiger partial charge is 0.322 e. The molecule has 0 unspecified atom stereocenters. The van der Waals surface area contributed by atoms with Crippen LogP contribution in [0.15, 0.2) is 59.4 Å². The number of rotatable bonds is 1. The number of alkyl halides is 3. The molecule has 0 aliphatic rings. The van der Waals surface area contributed by atoms with Crippen molar-refractivity contribution in [2.24, 2.45) is 0 Å². The molecule has 5 heteroatoms. The van der Waals surface area contributed by atoms with Gasteiger partial charge in [-0.25, -0.2) is 0 Å². The van der Waals surface area contributed by atoms with Gasteiger partial charge in [0.2, 0.25) is 5.56 Å². The lowest BCUT2D eigenvalue weighted by atomic mass is 10.0. The van der Waals surface area contributed by atoms with Crippen molar-refractivity contribution >= 4 is 10.8 Å². The van der Waals surface area contributed by atoms with Gasteiger partial charge in [-0.15, -0.1) is 0 Å². The minimum atomic E-state index is -4.54. The third-order valence-corrected chi connectivity index (χ3v) is 3.23. The van der Waals surface area contributed by atoms with Crippen LogP contribution in [0, 0.1) is 0 Å². The standard InChI is InChI=1S/C16H10F3NO/c17-16(18,19)13-8-14(20-15(21)9-13)12-6-5-10-3-1-2-4-11(10)7-12/h1-9H,(H,20,21). The Morgan fingerprint density at radius 2 is 1.57 bits per heavy atom. The molecule has 1 heterocycles. The Bertz CT molecular complexity index is 865. The highest BCUT2D eigenvalue weighted by Gasteiger charge is 2.31. The Hall–Kier alpha value is -2.56. The Morgan fingerprint density at radius 1 is 0.857 bits per heavy atom. The number of hydrogen-bond acceptors (Lipinski definition) is 1. The highest BCUT2D eigenvalue weighted by molar-refractivity contribution is 5.86. The maximum Gasteiger partial charge on any atom is 0.416 e. The molecule has 0 radical (unpaired) electrons. The fraction of sp³-hybridized carbons (Fsp3) is 0.0625. The van der Waals surface area contributed by atoms with Crippen LogP contribution in [0.4, 0.5) is 13.2 Å². The summed E-state index contributed by atoms with van der Waals surface area (Å²) in [6, 6.07) is 14.3. The minimum Gasteiger partial charge on any atom is -0.322 e. The molecule has 0 aliphatic heterocycles. The summed E-state index contributed by atoms with van der Waals surface area (Å²) >= 11 is 0. The minimum absolute atomic E-state index is 0.153. The van der Waals surface area contributed by atoms with Crippen LogP contribution in [-0.4, -0.2) is 4.98 Å². The average Bonchev–Trinajstić information content (AvgIpc) is 2.45. The number of fused-ring (bicyclic) bond motifs is 1. The number of nitrogens with one attached hydrogen (secondary N) is 1. The predicted molar refractivity (Wildman–Crippen MR) is 75.0 cm³/mol. The van der Waals surface area contributed by atoms with Crippen molar-refractivity contribution in [3.63, 3.8) is 0 Å². The second-order valence-electron chi connectivity index (χ2n) is 4.71. The summed E-state index contributed by atoms with van der Waals surface area (Å²) in [5.74, 6) is 0. The van der Waals surface area contributed by atoms with Gasteiger partial charge in [0.1, 0.15) is 0 Å². The van der Waals surface area contributed by atoms with E-state index < -0.39 is 17.3 Å². The predicted octanol–water partition coefficient (Wildman–Crippen LogP) is 4.21. The van der Waals surface area contributed by atoms with E-state index in [4.69, 9.17) is 0 Å². The maximum atomic E-state index is 12.8. The van der Waals surface area contributed by atoms with Crippen molar-refractivity contribution in [1.82, 2.24) is 4.98 Å². The monoisotopic (exact) mass is 289 g/mol. The van der Waals surface area contributed by atoms with Gasteiger partial charge in [0, 0.05) is 11.8 Å². The van der Waals surface area contributed by atoms with E-state index in [0.29, 0.717) is 11.6 Å². The number of aromatic nitrogens is 1. The van der Waals surface area contributed by atoms with E-state index in [9.17, 15) is 18.0 Å². The third kappa shape index (κ3) is 2.67. The summed E-state index contributed by atoms with van der Waals surface area (Å²) < 4.78 is 38.3. The number of halogens is 3. The molecular weight excluding hydrogens is 279 g/mol. The first-order valence-electron chi connectivity index (χ1n) is 6.24. The normalized spacial score (nSPS) is 11.8. The van der Waals surface area contributed by atoms with Crippen LogP contribution >= 0.6 is 0 Å². The van der Waals surface area contributed by atoms with E-state index in [1.807, 2.05) is 30.3 Å². The lowest BCUT2D eigenvalue weighted by molar-refractivity contribution is -0.137. The molecule has 1 aromatic heterocycles. The Labute approximate surface area is 117 Å². The number of hydrogen-bond donors (Lipinski definition) is 1. The average molecular weight is 289 g/mol. The number of H-pyrrole nitrogens is 1. The fourth-order valence-electron chi connectivity index (χ4n) is 2.22. The molecule has 3 aromatic rings. The summed E-state index contributed by atoms with van der Waals surface area (Å²) in [4.78, 5) is 13.9. The van der Waals surface area contributed by atoms with E-state index in [1.54, 1.807) is 12.1 Å². The van der Waals surface area contributed by atoms with Crippen molar-refractivity contribution in [2.45, 2.75) is 6.18 Å². The highest BCUT2D eigenvalue weighted by atomic mass is 19.4. The van der Waals surface area contributed by atoms with Crippen molar-refractivity contribution in [3.8, 4) is 11.3 Å². The molecule has 106 valence electrons. The molecule has 0 amide bonds. The van der Waals surface area contributed by atoms with Crippen molar-refractivity contribution < 1.29 is 13.2 Å². The van der Waals surface area contributed by atoms with Gasteiger partial charge >= 0.3 is 6.18 Å². The summed E-state index contributed by atoms with van der Waals surface area (Å²) in [7, 11) is 0. The number of aromatic amines is 1. The number of pyridine rings is 1. The molecular formula is C16H10F3NO. The zero-order valence-corrected chi connectivity index (χ0v) is 10.7. The Balaban J connectivity index is 2.18. The van der Waals surface area contributed by atoms with Crippen LogP contribution in [0.3, 0.4) is 0 Å². The molecule has 0 saturated carbocycles. The summed E-state index contributed by atoms with van der Waals surface area (Å²) in [5.41, 5.74) is -1.03. The Kier molecular flexibility index (Phi) is 3.05. The lowest BCUT2D eigenvalue weighted by Gasteiger charge is -2.09. The van der Waals surface area contributed by atoms with Gasteiger partial charge in [-0.1, -0.05) is 36.4 Å². The van der Waals surface area contributed by atoms with Gasteiger partial charge in [0.25, 0.3) is 0 Å². The van der Waals surface area contributed by atoms with Gasteiger partial charge in [-0.05, 0) is 28.5 Å². The van der Waals surface area contributed by atoms with Crippen molar-refractivity contribution in [2.75, 3.05) is 0 Å². The van der Waals surface area contributed by atoms with Crippen LogP contribution in [0.25, 0.3) is 22.0 Å². The number of benzene rings is 2. The van der Waals surface area contributed by atoms with Crippen LogP contribution in [0.1, 0.15) is 5.56 Å². The van der Waals surface area contributed by atoms with E-state index in [2.05, 4.69) is 4.98 Å². The van der Waals surface area contributed by atoms with E-state index in [-0.39, 0.29) is 5.69 Å². The topological polar surface area (TPSA) is 32.9 Å². The first kappa shape index (κ1) is 13.4. The zero-order chi connectivity index (χ0) is 15.0. The van der Waals surface area contributed by atoms with Crippen molar-refractivity contribution in [3.05, 3.63) is 70.5 Å². The van der Waals surface area contributed by atoms with Crippen LogP contribution in [0.2, 0.25) is 0 Å². The lowest BCUT2D eigenvalue weighted by Crippen LogP contribution is -2.13. The molecule has 2 aromatic carbocycles. The van der Waals surface area contributed by atoms with Gasteiger partial charge in [-0.2, -0.15) is 13.2 Å². The van der Waals surface area contributed by atoms with E-state index in [1.165, 1.54) is 0 Å². The second-order valence-corrected chi connectivity index (χ2v) is 4.71. The second kappa shape index (κ2) is 4.77. The molecule has 21 heavy (non-hydrogen) atoms. The van der Waals surface area contributed by atoms with E-state index >= 15 is 0 Å². The van der Waals surface area contributed by atoms with E-state index in [0.717, 1.165) is 16.8 Å². The molecule has 1 N–H and O–H groups in total. The molecule has 0 fully saturated rings. The molecule has 0 aliphatic carbocycles. The van der Waals surface area contributed by atoms with Gasteiger partial charge in [0.05, 0.1) is 5.56 Å². The van der Waals surface area contributed by atoms with Gasteiger partial charge in [-0.3, -0.25) is 4.79 Å². The maximum absolute atomic E-state index is 12.8. The first-order valence-corrected chi connectivity index (χ1v) is 6.24. The van der Waals surface area contributed by atoms with Crippen molar-refractivity contribution in [1.29, 1.82) is 0 Å². The molecule has 2 nitrogen and oxygen atoms in total. The Morgan fingerprint density at radius 3 is 2.29 bits per heavy atom. The molecule has 0 spiro atoms. The quantitative estimate of drug-likeness (QED) is 0.715. The van der Waals surface area contributed by atoms with Crippen LogP contribution < -0.4 is 5.56 Å². The van der Waals surface area contributed by atoms with Crippen LogP contribution in [-0.2, 0) is 6.18 Å². The SMILES string of the molecule is O=c1cc(C(F)(F)F)cc(-c2ccc3ccccc3c2)[nH]1. The van der Waals surface area contributed by atoms with Gasteiger partial charge < -0.3 is 4.98 Å². The molecule has 0 saturated heterocycles. The van der Waals surface area contributed by atoms with Gasteiger partial charge in [0.15, 0.2) is 0 Å². The summed E-state index contributed by atoms with van der Waals surface area (Å²) in [6.45, 7) is 0. The highest BCUT2D eigenvalue weighted by Crippen LogP contribution is 2.31. The summed E-state index contributed by atoms with van der Waals surface area (Å²) in [6.07, 6.45) is -4.54. The first-order chi connectivity index (χ1) is 9.93. The van der Waals surface area contributed by atoms with Crippen LogP contribution in [0.5, 0.6) is 0 Å².